The molecule has 0 saturated carbocycles. The first-order valence-electron chi connectivity index (χ1n) is 5.77. The standard InChI is InChI=1S/C12H20N4O/c1-4-5-9(2)16(3)11-8-10(6-7-14-11)12(13)15-17/h6-9,17H,4-5H2,1-3H3,(H2,13,15). The van der Waals surface area contributed by atoms with Gasteiger partial charge in [-0.3, -0.25) is 0 Å². The fraction of sp³-hybridized carbons (Fsp3) is 0.500. The molecule has 1 rings (SSSR count). The van der Waals surface area contributed by atoms with Crippen LogP contribution >= 0.6 is 0 Å². The first-order chi connectivity index (χ1) is 8.10. The lowest BCUT2D eigenvalue weighted by Gasteiger charge is -2.25. The van der Waals surface area contributed by atoms with Gasteiger partial charge < -0.3 is 15.8 Å². The molecule has 1 aromatic rings. The lowest BCUT2D eigenvalue weighted by Crippen LogP contribution is -2.29. The zero-order chi connectivity index (χ0) is 12.8. The van der Waals surface area contributed by atoms with Crippen LogP contribution in [-0.4, -0.2) is 29.1 Å². The molecule has 0 amide bonds. The van der Waals surface area contributed by atoms with Gasteiger partial charge >= 0.3 is 0 Å². The maximum absolute atomic E-state index is 8.64. The largest absolute Gasteiger partial charge is 0.409 e. The van der Waals surface area contributed by atoms with Gasteiger partial charge in [-0.15, -0.1) is 0 Å². The van der Waals surface area contributed by atoms with Crippen LogP contribution in [0.3, 0.4) is 0 Å². The second-order valence-electron chi connectivity index (χ2n) is 4.14. The minimum Gasteiger partial charge on any atom is -0.409 e. The SMILES string of the molecule is CCCC(C)N(C)c1cc(/C(N)=N/O)ccn1. The number of hydrogen-bond donors (Lipinski definition) is 2. The summed E-state index contributed by atoms with van der Waals surface area (Å²) in [5.41, 5.74) is 6.23. The van der Waals surface area contributed by atoms with Gasteiger partial charge in [0.2, 0.25) is 0 Å². The van der Waals surface area contributed by atoms with Crippen LogP contribution in [0, 0.1) is 0 Å². The maximum Gasteiger partial charge on any atom is 0.170 e. The van der Waals surface area contributed by atoms with E-state index in [0.717, 1.165) is 18.7 Å². The van der Waals surface area contributed by atoms with Gasteiger partial charge in [0, 0.05) is 24.8 Å². The molecular formula is C12H20N4O. The van der Waals surface area contributed by atoms with E-state index in [2.05, 4.69) is 28.9 Å². The van der Waals surface area contributed by atoms with Crippen molar-refractivity contribution in [2.75, 3.05) is 11.9 Å². The molecule has 17 heavy (non-hydrogen) atoms. The molecule has 1 heterocycles. The molecule has 0 spiro atoms. The van der Waals surface area contributed by atoms with Crippen LogP contribution < -0.4 is 10.6 Å². The van der Waals surface area contributed by atoms with Crippen molar-refractivity contribution in [3.63, 3.8) is 0 Å². The van der Waals surface area contributed by atoms with Crippen LogP contribution in [-0.2, 0) is 0 Å². The molecule has 5 nitrogen and oxygen atoms in total. The smallest absolute Gasteiger partial charge is 0.170 e. The Morgan fingerprint density at radius 3 is 2.94 bits per heavy atom. The van der Waals surface area contributed by atoms with Crippen molar-refractivity contribution in [3.05, 3.63) is 23.9 Å². The monoisotopic (exact) mass is 236 g/mol. The Hall–Kier alpha value is -1.78. The Morgan fingerprint density at radius 1 is 1.65 bits per heavy atom. The van der Waals surface area contributed by atoms with E-state index in [4.69, 9.17) is 10.9 Å². The number of anilines is 1. The van der Waals surface area contributed by atoms with Gasteiger partial charge in [0.1, 0.15) is 5.82 Å². The van der Waals surface area contributed by atoms with E-state index in [9.17, 15) is 0 Å². The quantitative estimate of drug-likeness (QED) is 0.354. The normalized spacial score (nSPS) is 13.5. The Morgan fingerprint density at radius 2 is 2.35 bits per heavy atom. The van der Waals surface area contributed by atoms with Crippen molar-refractivity contribution in [2.24, 2.45) is 10.9 Å². The molecule has 0 aromatic carbocycles. The van der Waals surface area contributed by atoms with Gasteiger partial charge in [0.15, 0.2) is 5.84 Å². The zero-order valence-electron chi connectivity index (χ0n) is 10.6. The number of nitrogens with zero attached hydrogens (tertiary/aromatic N) is 3. The number of rotatable bonds is 5. The van der Waals surface area contributed by atoms with Crippen LogP contribution in [0.25, 0.3) is 0 Å². The molecule has 1 atom stereocenters. The van der Waals surface area contributed by atoms with E-state index < -0.39 is 0 Å². The summed E-state index contributed by atoms with van der Waals surface area (Å²) < 4.78 is 0. The van der Waals surface area contributed by atoms with Gasteiger partial charge in [-0.25, -0.2) is 4.98 Å². The van der Waals surface area contributed by atoms with E-state index in [1.54, 1.807) is 12.3 Å². The van der Waals surface area contributed by atoms with Crippen LogP contribution in [0.15, 0.2) is 23.5 Å². The second kappa shape index (κ2) is 6.08. The number of hydrogen-bond acceptors (Lipinski definition) is 4. The lowest BCUT2D eigenvalue weighted by molar-refractivity contribution is 0.318. The minimum atomic E-state index is 0.102. The summed E-state index contributed by atoms with van der Waals surface area (Å²) in [7, 11) is 2.00. The van der Waals surface area contributed by atoms with Gasteiger partial charge in [-0.05, 0) is 25.5 Å². The average molecular weight is 236 g/mol. The van der Waals surface area contributed by atoms with E-state index in [1.165, 1.54) is 0 Å². The zero-order valence-corrected chi connectivity index (χ0v) is 10.6. The number of nitrogens with two attached hydrogens (primary N) is 1. The molecule has 3 N–H and O–H groups in total. The van der Waals surface area contributed by atoms with Crippen LogP contribution in [0.4, 0.5) is 5.82 Å². The Kier molecular flexibility index (Phi) is 4.75. The maximum atomic E-state index is 8.64. The molecule has 5 heteroatoms. The van der Waals surface area contributed by atoms with Crippen molar-refractivity contribution in [2.45, 2.75) is 32.7 Å². The summed E-state index contributed by atoms with van der Waals surface area (Å²) in [5.74, 6) is 0.931. The van der Waals surface area contributed by atoms with Crippen molar-refractivity contribution in [3.8, 4) is 0 Å². The number of amidine groups is 1. The minimum absolute atomic E-state index is 0.102. The highest BCUT2D eigenvalue weighted by Crippen LogP contribution is 2.15. The third-order valence-electron chi connectivity index (χ3n) is 2.88. The molecular weight excluding hydrogens is 216 g/mol. The molecule has 0 radical (unpaired) electrons. The molecule has 0 bridgehead atoms. The number of oxime groups is 1. The Labute approximate surface area is 102 Å². The van der Waals surface area contributed by atoms with E-state index >= 15 is 0 Å². The summed E-state index contributed by atoms with van der Waals surface area (Å²) in [6.45, 7) is 4.31. The molecule has 0 fully saturated rings. The van der Waals surface area contributed by atoms with Crippen LogP contribution in [0.2, 0.25) is 0 Å². The van der Waals surface area contributed by atoms with Gasteiger partial charge in [0.05, 0.1) is 0 Å². The average Bonchev–Trinajstić information content (AvgIpc) is 2.37. The molecule has 0 aliphatic heterocycles. The Bertz CT molecular complexity index is 392. The third-order valence-corrected chi connectivity index (χ3v) is 2.88. The highest BCUT2D eigenvalue weighted by molar-refractivity contribution is 5.97. The van der Waals surface area contributed by atoms with E-state index in [1.807, 2.05) is 13.1 Å². The van der Waals surface area contributed by atoms with Gasteiger partial charge in [-0.1, -0.05) is 18.5 Å². The van der Waals surface area contributed by atoms with E-state index in [-0.39, 0.29) is 5.84 Å². The van der Waals surface area contributed by atoms with Crippen molar-refractivity contribution in [1.82, 2.24) is 4.98 Å². The summed E-state index contributed by atoms with van der Waals surface area (Å²) in [6, 6.07) is 3.95. The predicted molar refractivity (Wildman–Crippen MR) is 69.5 cm³/mol. The highest BCUT2D eigenvalue weighted by atomic mass is 16.4. The van der Waals surface area contributed by atoms with Crippen molar-refractivity contribution >= 4 is 11.7 Å². The second-order valence-corrected chi connectivity index (χ2v) is 4.14. The first-order valence-corrected chi connectivity index (χ1v) is 5.77. The topological polar surface area (TPSA) is 74.7 Å². The van der Waals surface area contributed by atoms with Gasteiger partial charge in [0.25, 0.3) is 0 Å². The fourth-order valence-electron chi connectivity index (χ4n) is 1.67. The van der Waals surface area contributed by atoms with Gasteiger partial charge in [-0.2, -0.15) is 0 Å². The molecule has 1 unspecified atom stereocenters. The van der Waals surface area contributed by atoms with Crippen molar-refractivity contribution < 1.29 is 5.21 Å². The fourth-order valence-corrected chi connectivity index (χ4v) is 1.67. The summed E-state index contributed by atoms with van der Waals surface area (Å²) >= 11 is 0. The van der Waals surface area contributed by atoms with E-state index in [0.29, 0.717) is 11.6 Å². The lowest BCUT2D eigenvalue weighted by atomic mass is 10.1. The molecule has 0 aliphatic carbocycles. The third kappa shape index (κ3) is 3.34. The van der Waals surface area contributed by atoms with Crippen LogP contribution in [0.1, 0.15) is 32.3 Å². The Balaban J connectivity index is 2.91. The summed E-state index contributed by atoms with van der Waals surface area (Å²) in [5, 5.41) is 11.6. The first kappa shape index (κ1) is 13.3. The van der Waals surface area contributed by atoms with Crippen molar-refractivity contribution in [1.29, 1.82) is 0 Å². The summed E-state index contributed by atoms with van der Waals surface area (Å²) in [6.07, 6.45) is 3.90. The molecule has 94 valence electrons. The predicted octanol–water partition coefficient (Wildman–Crippen LogP) is 1.80. The number of aromatic nitrogens is 1. The molecule has 0 saturated heterocycles. The number of pyridine rings is 1. The van der Waals surface area contributed by atoms with Crippen LogP contribution in [0.5, 0.6) is 0 Å². The molecule has 1 aromatic heterocycles. The highest BCUT2D eigenvalue weighted by Gasteiger charge is 2.11. The molecule has 0 aliphatic rings. The summed E-state index contributed by atoms with van der Waals surface area (Å²) in [4.78, 5) is 6.39.